The zero-order valence-electron chi connectivity index (χ0n) is 9.67. The van der Waals surface area contributed by atoms with Gasteiger partial charge in [-0.2, -0.15) is 0 Å². The molecule has 0 radical (unpaired) electrons. The highest BCUT2D eigenvalue weighted by Crippen LogP contribution is 2.25. The summed E-state index contributed by atoms with van der Waals surface area (Å²) in [4.78, 5) is 0. The van der Waals surface area contributed by atoms with E-state index in [0.717, 1.165) is 29.2 Å². The van der Waals surface area contributed by atoms with E-state index in [0.29, 0.717) is 13.2 Å². The van der Waals surface area contributed by atoms with Gasteiger partial charge in [-0.15, -0.1) is 0 Å². The van der Waals surface area contributed by atoms with Crippen LogP contribution in [0.5, 0.6) is 5.75 Å². The van der Waals surface area contributed by atoms with Crippen molar-refractivity contribution < 1.29 is 9.47 Å². The summed E-state index contributed by atoms with van der Waals surface area (Å²) in [5.74, 6) is 0.920. The van der Waals surface area contributed by atoms with Crippen LogP contribution in [0.2, 0.25) is 0 Å². The lowest BCUT2D eigenvalue weighted by Crippen LogP contribution is -2.08. The molecule has 0 aliphatic heterocycles. The van der Waals surface area contributed by atoms with E-state index < -0.39 is 0 Å². The molecule has 2 N–H and O–H groups in total. The van der Waals surface area contributed by atoms with E-state index in [1.165, 1.54) is 0 Å². The molecule has 0 spiro atoms. The van der Waals surface area contributed by atoms with Gasteiger partial charge in [0.2, 0.25) is 0 Å². The topological polar surface area (TPSA) is 44.5 Å². The highest BCUT2D eigenvalue weighted by molar-refractivity contribution is 5.52. The number of ether oxygens (including phenoxy) is 2. The largest absolute Gasteiger partial charge is 0.491 e. The van der Waals surface area contributed by atoms with E-state index in [-0.39, 0.29) is 0 Å². The van der Waals surface area contributed by atoms with Crippen molar-refractivity contribution in [3.63, 3.8) is 0 Å². The first-order valence-corrected chi connectivity index (χ1v) is 5.22. The van der Waals surface area contributed by atoms with Crippen LogP contribution in [-0.4, -0.2) is 19.8 Å². The zero-order valence-corrected chi connectivity index (χ0v) is 9.67. The van der Waals surface area contributed by atoms with Gasteiger partial charge < -0.3 is 15.2 Å². The maximum atomic E-state index is 5.72. The fourth-order valence-corrected chi connectivity index (χ4v) is 1.56. The van der Waals surface area contributed by atoms with Crippen molar-refractivity contribution in [1.29, 1.82) is 0 Å². The second-order valence-corrected chi connectivity index (χ2v) is 3.53. The highest BCUT2D eigenvalue weighted by Gasteiger charge is 2.04. The molecule has 0 heterocycles. The second-order valence-electron chi connectivity index (χ2n) is 3.53. The van der Waals surface area contributed by atoms with Crippen molar-refractivity contribution in [2.75, 3.05) is 25.6 Å². The molecule has 0 aromatic heterocycles. The number of benzene rings is 1. The van der Waals surface area contributed by atoms with Crippen LogP contribution < -0.4 is 10.5 Å². The quantitative estimate of drug-likeness (QED) is 0.598. The number of rotatable bonds is 5. The predicted molar refractivity (Wildman–Crippen MR) is 62.3 cm³/mol. The average Bonchev–Trinajstić information content (AvgIpc) is 2.15. The van der Waals surface area contributed by atoms with Gasteiger partial charge in [0.1, 0.15) is 12.4 Å². The fraction of sp³-hybridized carbons (Fsp3) is 0.500. The lowest BCUT2D eigenvalue weighted by molar-refractivity contribution is 0.109. The SMILES string of the molecule is CCOCCOc1c(C)cc(N)cc1C. The molecule has 84 valence electrons. The van der Waals surface area contributed by atoms with Crippen molar-refractivity contribution in [3.8, 4) is 5.75 Å². The third-order valence-corrected chi connectivity index (χ3v) is 2.16. The van der Waals surface area contributed by atoms with Crippen LogP contribution in [0.15, 0.2) is 12.1 Å². The third-order valence-electron chi connectivity index (χ3n) is 2.16. The lowest BCUT2D eigenvalue weighted by Gasteiger charge is -2.12. The second kappa shape index (κ2) is 5.61. The molecule has 0 saturated heterocycles. The third kappa shape index (κ3) is 3.44. The minimum Gasteiger partial charge on any atom is -0.491 e. The normalized spacial score (nSPS) is 10.3. The Labute approximate surface area is 91.2 Å². The van der Waals surface area contributed by atoms with Crippen molar-refractivity contribution in [3.05, 3.63) is 23.3 Å². The van der Waals surface area contributed by atoms with Crippen molar-refractivity contribution in [1.82, 2.24) is 0 Å². The minimum atomic E-state index is 0.583. The van der Waals surface area contributed by atoms with Gasteiger partial charge in [-0.3, -0.25) is 0 Å². The summed E-state index contributed by atoms with van der Waals surface area (Å²) in [6.07, 6.45) is 0. The van der Waals surface area contributed by atoms with Gasteiger partial charge in [-0.05, 0) is 44.0 Å². The first kappa shape index (κ1) is 11.9. The molecular formula is C12H19NO2. The van der Waals surface area contributed by atoms with Crippen LogP contribution in [0, 0.1) is 13.8 Å². The van der Waals surface area contributed by atoms with E-state index >= 15 is 0 Å². The van der Waals surface area contributed by atoms with Crippen molar-refractivity contribution in [2.45, 2.75) is 20.8 Å². The number of nitrogens with two attached hydrogens (primary N) is 1. The van der Waals surface area contributed by atoms with E-state index in [1.54, 1.807) is 0 Å². The molecule has 15 heavy (non-hydrogen) atoms. The number of hydrogen-bond donors (Lipinski definition) is 1. The molecule has 1 aromatic carbocycles. The first-order valence-electron chi connectivity index (χ1n) is 5.22. The average molecular weight is 209 g/mol. The van der Waals surface area contributed by atoms with Crippen molar-refractivity contribution >= 4 is 5.69 Å². The Hall–Kier alpha value is -1.22. The minimum absolute atomic E-state index is 0.583. The maximum absolute atomic E-state index is 5.72. The summed E-state index contributed by atoms with van der Waals surface area (Å²) in [5.41, 5.74) is 8.65. The summed E-state index contributed by atoms with van der Waals surface area (Å²) in [5, 5.41) is 0. The highest BCUT2D eigenvalue weighted by atomic mass is 16.5. The van der Waals surface area contributed by atoms with Crippen LogP contribution in [0.1, 0.15) is 18.1 Å². The van der Waals surface area contributed by atoms with E-state index in [9.17, 15) is 0 Å². The maximum Gasteiger partial charge on any atom is 0.125 e. The van der Waals surface area contributed by atoms with Crippen LogP contribution >= 0.6 is 0 Å². The summed E-state index contributed by atoms with van der Waals surface area (Å²) >= 11 is 0. The zero-order chi connectivity index (χ0) is 11.3. The number of anilines is 1. The number of hydrogen-bond acceptors (Lipinski definition) is 3. The molecule has 0 fully saturated rings. The molecule has 1 aromatic rings. The Balaban J connectivity index is 2.60. The van der Waals surface area contributed by atoms with E-state index in [2.05, 4.69) is 0 Å². The van der Waals surface area contributed by atoms with Gasteiger partial charge in [0.15, 0.2) is 0 Å². The molecule has 0 amide bonds. The van der Waals surface area contributed by atoms with E-state index in [1.807, 2.05) is 32.9 Å². The molecule has 0 bridgehead atoms. The molecular weight excluding hydrogens is 190 g/mol. The Morgan fingerprint density at radius 1 is 1.13 bits per heavy atom. The molecule has 0 aliphatic rings. The molecule has 1 rings (SSSR count). The van der Waals surface area contributed by atoms with Crippen LogP contribution in [-0.2, 0) is 4.74 Å². The van der Waals surface area contributed by atoms with Crippen LogP contribution in [0.4, 0.5) is 5.69 Å². The van der Waals surface area contributed by atoms with Crippen molar-refractivity contribution in [2.24, 2.45) is 0 Å². The van der Waals surface area contributed by atoms with Gasteiger partial charge in [0, 0.05) is 12.3 Å². The number of nitrogen functional groups attached to an aromatic ring is 1. The van der Waals surface area contributed by atoms with Crippen LogP contribution in [0.25, 0.3) is 0 Å². The summed E-state index contributed by atoms with van der Waals surface area (Å²) < 4.78 is 10.9. The van der Waals surface area contributed by atoms with Crippen LogP contribution in [0.3, 0.4) is 0 Å². The Morgan fingerprint density at radius 2 is 1.73 bits per heavy atom. The van der Waals surface area contributed by atoms with Gasteiger partial charge in [0.05, 0.1) is 6.61 Å². The monoisotopic (exact) mass is 209 g/mol. The fourth-order valence-electron chi connectivity index (χ4n) is 1.56. The molecule has 0 aliphatic carbocycles. The molecule has 0 atom stereocenters. The molecule has 3 heteroatoms. The Kier molecular flexibility index (Phi) is 4.43. The van der Waals surface area contributed by atoms with Gasteiger partial charge in [-0.1, -0.05) is 0 Å². The van der Waals surface area contributed by atoms with Gasteiger partial charge in [0.25, 0.3) is 0 Å². The molecule has 3 nitrogen and oxygen atoms in total. The first-order chi connectivity index (χ1) is 7.15. The van der Waals surface area contributed by atoms with E-state index in [4.69, 9.17) is 15.2 Å². The standard InChI is InChI=1S/C12H19NO2/c1-4-14-5-6-15-12-9(2)7-11(13)8-10(12)3/h7-8H,4-6,13H2,1-3H3. The smallest absolute Gasteiger partial charge is 0.125 e. The Bertz CT molecular complexity index is 300. The Morgan fingerprint density at radius 3 is 2.27 bits per heavy atom. The molecule has 0 saturated carbocycles. The number of aryl methyl sites for hydroxylation is 2. The van der Waals surface area contributed by atoms with Gasteiger partial charge in [-0.25, -0.2) is 0 Å². The molecule has 0 unspecified atom stereocenters. The van der Waals surface area contributed by atoms with Gasteiger partial charge >= 0.3 is 0 Å². The summed E-state index contributed by atoms with van der Waals surface area (Å²) in [7, 11) is 0. The summed E-state index contributed by atoms with van der Waals surface area (Å²) in [6.45, 7) is 7.90. The predicted octanol–water partition coefficient (Wildman–Crippen LogP) is 2.30. The summed E-state index contributed by atoms with van der Waals surface area (Å²) in [6, 6.07) is 3.84. The lowest BCUT2D eigenvalue weighted by atomic mass is 10.1.